The van der Waals surface area contributed by atoms with Gasteiger partial charge in [0.1, 0.15) is 11.8 Å². The quantitative estimate of drug-likeness (QED) is 0.710. The van der Waals surface area contributed by atoms with Crippen LogP contribution in [0.25, 0.3) is 0 Å². The van der Waals surface area contributed by atoms with Gasteiger partial charge in [0.15, 0.2) is 0 Å². The SMILES string of the molecule is CCOC(=O)C1CSC(c2c(CO)cnc(C)c2O)N1. The van der Waals surface area contributed by atoms with Crippen molar-refractivity contribution in [2.45, 2.75) is 31.9 Å². The minimum Gasteiger partial charge on any atom is -0.506 e. The van der Waals surface area contributed by atoms with E-state index in [0.717, 1.165) is 0 Å². The number of ether oxygens (including phenoxy) is 1. The Morgan fingerprint density at radius 3 is 3.05 bits per heavy atom. The molecule has 6 nitrogen and oxygen atoms in total. The molecule has 0 spiro atoms. The van der Waals surface area contributed by atoms with E-state index in [1.54, 1.807) is 20.0 Å². The van der Waals surface area contributed by atoms with Crippen molar-refractivity contribution in [3.63, 3.8) is 0 Å². The third-order valence-electron chi connectivity index (χ3n) is 3.14. The Bertz CT molecular complexity index is 509. The van der Waals surface area contributed by atoms with E-state index < -0.39 is 6.04 Å². The predicted molar refractivity (Wildman–Crippen MR) is 75.3 cm³/mol. The lowest BCUT2D eigenvalue weighted by atomic mass is 10.1. The molecule has 2 rings (SSSR count). The van der Waals surface area contributed by atoms with Gasteiger partial charge in [-0.3, -0.25) is 15.1 Å². The summed E-state index contributed by atoms with van der Waals surface area (Å²) in [6, 6.07) is -0.399. The minimum atomic E-state index is -0.399. The van der Waals surface area contributed by atoms with Gasteiger partial charge in [-0.2, -0.15) is 0 Å². The number of carbonyl (C=O) groups is 1. The summed E-state index contributed by atoms with van der Waals surface area (Å²) in [5, 5.41) is 22.4. The maximum atomic E-state index is 11.7. The molecule has 1 aliphatic rings. The highest BCUT2D eigenvalue weighted by Gasteiger charge is 2.34. The van der Waals surface area contributed by atoms with Crippen LogP contribution in [0, 0.1) is 6.92 Å². The molecule has 1 aromatic rings. The first-order chi connectivity index (χ1) is 9.58. The van der Waals surface area contributed by atoms with E-state index in [4.69, 9.17) is 4.74 Å². The van der Waals surface area contributed by atoms with Crippen LogP contribution in [0.15, 0.2) is 6.20 Å². The molecule has 0 aromatic carbocycles. The zero-order chi connectivity index (χ0) is 14.7. The first-order valence-electron chi connectivity index (χ1n) is 6.41. The molecule has 2 atom stereocenters. The molecule has 0 saturated carbocycles. The molecule has 2 heterocycles. The van der Waals surface area contributed by atoms with Crippen LogP contribution in [0.3, 0.4) is 0 Å². The van der Waals surface area contributed by atoms with Crippen LogP contribution in [0.1, 0.15) is 29.1 Å². The number of aliphatic hydroxyl groups excluding tert-OH is 1. The Morgan fingerprint density at radius 1 is 1.65 bits per heavy atom. The van der Waals surface area contributed by atoms with Gasteiger partial charge >= 0.3 is 5.97 Å². The fourth-order valence-electron chi connectivity index (χ4n) is 2.09. The summed E-state index contributed by atoms with van der Waals surface area (Å²) in [7, 11) is 0. The Labute approximate surface area is 121 Å². The summed E-state index contributed by atoms with van der Waals surface area (Å²) in [6.07, 6.45) is 1.55. The third kappa shape index (κ3) is 2.89. The van der Waals surface area contributed by atoms with E-state index >= 15 is 0 Å². The number of pyridine rings is 1. The average molecular weight is 298 g/mol. The lowest BCUT2D eigenvalue weighted by Crippen LogP contribution is -2.35. The van der Waals surface area contributed by atoms with Crippen molar-refractivity contribution in [3.05, 3.63) is 23.0 Å². The smallest absolute Gasteiger partial charge is 0.324 e. The van der Waals surface area contributed by atoms with Gasteiger partial charge in [-0.15, -0.1) is 11.8 Å². The highest BCUT2D eigenvalue weighted by atomic mass is 32.2. The van der Waals surface area contributed by atoms with Gasteiger partial charge in [0.25, 0.3) is 0 Å². The second kappa shape index (κ2) is 6.43. The van der Waals surface area contributed by atoms with E-state index in [0.29, 0.717) is 29.2 Å². The molecule has 20 heavy (non-hydrogen) atoms. The first kappa shape index (κ1) is 15.1. The highest BCUT2D eigenvalue weighted by molar-refractivity contribution is 7.99. The summed E-state index contributed by atoms with van der Waals surface area (Å²) in [6.45, 7) is 3.59. The number of aryl methyl sites for hydroxylation is 1. The molecular weight excluding hydrogens is 280 g/mol. The number of carbonyl (C=O) groups excluding carboxylic acids is 1. The number of hydrogen-bond donors (Lipinski definition) is 3. The lowest BCUT2D eigenvalue weighted by Gasteiger charge is -2.18. The second-order valence-corrected chi connectivity index (χ2v) is 5.61. The zero-order valence-corrected chi connectivity index (χ0v) is 12.2. The number of esters is 1. The Hall–Kier alpha value is -1.31. The molecular formula is C13H18N2O4S. The number of thioether (sulfide) groups is 1. The molecule has 7 heteroatoms. The largest absolute Gasteiger partial charge is 0.506 e. The lowest BCUT2D eigenvalue weighted by molar-refractivity contribution is -0.144. The average Bonchev–Trinajstić information content (AvgIpc) is 2.91. The number of nitrogens with one attached hydrogen (secondary N) is 1. The zero-order valence-electron chi connectivity index (χ0n) is 11.4. The summed E-state index contributed by atoms with van der Waals surface area (Å²) in [5.41, 5.74) is 1.65. The van der Waals surface area contributed by atoms with Gasteiger partial charge in [0, 0.05) is 23.1 Å². The maximum absolute atomic E-state index is 11.7. The van der Waals surface area contributed by atoms with Crippen LogP contribution >= 0.6 is 11.8 Å². The van der Waals surface area contributed by atoms with Crippen LogP contribution in [0.2, 0.25) is 0 Å². The maximum Gasteiger partial charge on any atom is 0.324 e. The van der Waals surface area contributed by atoms with Gasteiger partial charge in [0.2, 0.25) is 0 Å². The molecule has 1 aliphatic heterocycles. The topological polar surface area (TPSA) is 91.7 Å². The molecule has 1 saturated heterocycles. The van der Waals surface area contributed by atoms with E-state index in [-0.39, 0.29) is 23.7 Å². The third-order valence-corrected chi connectivity index (χ3v) is 4.37. The number of aromatic nitrogens is 1. The van der Waals surface area contributed by atoms with E-state index in [9.17, 15) is 15.0 Å². The normalized spacial score (nSPS) is 21.9. The Kier molecular flexibility index (Phi) is 4.85. The van der Waals surface area contributed by atoms with E-state index in [2.05, 4.69) is 10.3 Å². The van der Waals surface area contributed by atoms with Crippen LogP contribution in [-0.2, 0) is 16.1 Å². The molecule has 0 radical (unpaired) electrons. The molecule has 0 amide bonds. The van der Waals surface area contributed by atoms with Gasteiger partial charge in [-0.1, -0.05) is 0 Å². The summed E-state index contributed by atoms with van der Waals surface area (Å²) < 4.78 is 4.98. The molecule has 0 bridgehead atoms. The molecule has 3 N–H and O–H groups in total. The number of hydrogen-bond acceptors (Lipinski definition) is 7. The van der Waals surface area contributed by atoms with Crippen LogP contribution in [-0.4, -0.2) is 39.6 Å². The van der Waals surface area contributed by atoms with Gasteiger partial charge < -0.3 is 14.9 Å². The Balaban J connectivity index is 2.22. The van der Waals surface area contributed by atoms with E-state index in [1.807, 2.05) is 0 Å². The van der Waals surface area contributed by atoms with Gasteiger partial charge in [-0.05, 0) is 13.8 Å². The van der Waals surface area contributed by atoms with Crippen molar-refractivity contribution in [2.24, 2.45) is 0 Å². The fourth-order valence-corrected chi connectivity index (χ4v) is 3.40. The molecule has 2 unspecified atom stereocenters. The Morgan fingerprint density at radius 2 is 2.40 bits per heavy atom. The number of aromatic hydroxyl groups is 1. The number of rotatable bonds is 4. The van der Waals surface area contributed by atoms with E-state index in [1.165, 1.54) is 11.8 Å². The van der Waals surface area contributed by atoms with Crippen LogP contribution in [0.5, 0.6) is 5.75 Å². The van der Waals surface area contributed by atoms with Gasteiger partial charge in [-0.25, -0.2) is 0 Å². The van der Waals surface area contributed by atoms with Crippen molar-refractivity contribution in [1.82, 2.24) is 10.3 Å². The first-order valence-corrected chi connectivity index (χ1v) is 7.45. The number of aliphatic hydroxyl groups is 1. The summed E-state index contributed by atoms with van der Waals surface area (Å²) >= 11 is 1.50. The second-order valence-electron chi connectivity index (χ2n) is 4.47. The van der Waals surface area contributed by atoms with Crippen LogP contribution in [0.4, 0.5) is 0 Å². The molecule has 110 valence electrons. The number of nitrogens with zero attached hydrogens (tertiary/aromatic N) is 1. The molecule has 1 aromatic heterocycles. The standard InChI is InChI=1S/C13H18N2O4S/c1-3-19-13(18)9-6-20-12(15-9)10-8(5-16)4-14-7(2)11(10)17/h4,9,12,15-17H,3,5-6H2,1-2H3. The van der Waals surface area contributed by atoms with Crippen molar-refractivity contribution in [3.8, 4) is 5.75 Å². The predicted octanol–water partition coefficient (Wildman–Crippen LogP) is 0.855. The summed E-state index contributed by atoms with van der Waals surface area (Å²) in [5.74, 6) is 0.333. The minimum absolute atomic E-state index is 0.0612. The molecule has 0 aliphatic carbocycles. The van der Waals surface area contributed by atoms with Gasteiger partial charge in [0.05, 0.1) is 24.3 Å². The van der Waals surface area contributed by atoms with Crippen molar-refractivity contribution in [2.75, 3.05) is 12.4 Å². The highest BCUT2D eigenvalue weighted by Crippen LogP contribution is 2.40. The monoisotopic (exact) mass is 298 g/mol. The van der Waals surface area contributed by atoms with Crippen molar-refractivity contribution < 1.29 is 19.7 Å². The summed E-state index contributed by atoms with van der Waals surface area (Å²) in [4.78, 5) is 15.7. The fraction of sp³-hybridized carbons (Fsp3) is 0.538. The molecule has 1 fully saturated rings. The van der Waals surface area contributed by atoms with Crippen molar-refractivity contribution >= 4 is 17.7 Å². The van der Waals surface area contributed by atoms with Crippen molar-refractivity contribution in [1.29, 1.82) is 0 Å². The van der Waals surface area contributed by atoms with Crippen LogP contribution < -0.4 is 5.32 Å².